The first kappa shape index (κ1) is 20.4. The highest BCUT2D eigenvalue weighted by Gasteiger charge is 2.17. The van der Waals surface area contributed by atoms with Gasteiger partial charge in [-0.25, -0.2) is 9.36 Å². The van der Waals surface area contributed by atoms with Gasteiger partial charge in [-0.05, 0) is 35.9 Å². The Morgan fingerprint density at radius 2 is 1.96 bits per heavy atom. The topological polar surface area (TPSA) is 47.0 Å². The van der Waals surface area contributed by atoms with Crippen LogP contribution >= 0.6 is 34.8 Å². The highest BCUT2D eigenvalue weighted by Crippen LogP contribution is 2.25. The molecule has 2 heterocycles. The van der Waals surface area contributed by atoms with Gasteiger partial charge < -0.3 is 4.84 Å². The van der Waals surface area contributed by atoms with Crippen LogP contribution in [-0.4, -0.2) is 17.2 Å². The molecule has 0 fully saturated rings. The van der Waals surface area contributed by atoms with E-state index < -0.39 is 0 Å². The second kappa shape index (κ2) is 9.73. The Hall–Kier alpha value is -2.34. The predicted octanol–water partition coefficient (Wildman–Crippen LogP) is 4.71. The second-order valence-corrected chi connectivity index (χ2v) is 6.99. The van der Waals surface area contributed by atoms with Crippen LogP contribution in [0.25, 0.3) is 16.8 Å². The Labute approximate surface area is 177 Å². The normalized spacial score (nSPS) is 11.7. The van der Waals surface area contributed by atoms with Crippen molar-refractivity contribution in [1.29, 1.82) is 0 Å². The lowest BCUT2D eigenvalue weighted by Gasteiger charge is -2.07. The number of oxime groups is 1. The molecule has 5 nitrogen and oxygen atoms in total. The molecule has 2 aromatic heterocycles. The van der Waals surface area contributed by atoms with E-state index in [0.717, 1.165) is 5.65 Å². The summed E-state index contributed by atoms with van der Waals surface area (Å²) in [4.78, 5) is 18.0. The van der Waals surface area contributed by atoms with E-state index in [-0.39, 0.29) is 5.56 Å². The summed E-state index contributed by atoms with van der Waals surface area (Å²) in [6.07, 6.45) is 7.49. The fourth-order valence-electron chi connectivity index (χ4n) is 2.76. The van der Waals surface area contributed by atoms with Crippen molar-refractivity contribution in [3.05, 3.63) is 80.8 Å². The monoisotopic (exact) mass is 436 g/mol. The quantitative estimate of drug-likeness (QED) is 0.233. The average Bonchev–Trinajstić information content (AvgIpc) is 2.68. The molecular weight excluding hydrogens is 421 g/mol. The van der Waals surface area contributed by atoms with Crippen LogP contribution in [0.3, 0.4) is 0 Å². The molecule has 28 heavy (non-hydrogen) atoms. The third-order valence-electron chi connectivity index (χ3n) is 3.95. The van der Waals surface area contributed by atoms with Crippen molar-refractivity contribution in [3.63, 3.8) is 0 Å². The molecule has 0 aliphatic carbocycles. The molecule has 0 bridgehead atoms. The van der Waals surface area contributed by atoms with E-state index in [1.54, 1.807) is 41.1 Å². The molecule has 0 unspecified atom stereocenters. The Balaban J connectivity index is 1.95. The lowest BCUT2D eigenvalue weighted by atomic mass is 10.1. The molecule has 3 rings (SSSR count). The summed E-state index contributed by atoms with van der Waals surface area (Å²) in [5.74, 6) is 0. The Morgan fingerprint density at radius 1 is 1.18 bits per heavy atom. The highest BCUT2D eigenvalue weighted by molar-refractivity contribution is 6.35. The summed E-state index contributed by atoms with van der Waals surface area (Å²) < 4.78 is 3.58. The summed E-state index contributed by atoms with van der Waals surface area (Å²) in [6.45, 7) is 0.920. The van der Waals surface area contributed by atoms with Crippen LogP contribution in [0.15, 0.2) is 70.4 Å². The maximum absolute atomic E-state index is 13.0. The lowest BCUT2D eigenvalue weighted by molar-refractivity contribution is -0.672. The Bertz CT molecular complexity index is 1070. The first-order valence-corrected chi connectivity index (χ1v) is 9.68. The summed E-state index contributed by atoms with van der Waals surface area (Å²) in [7, 11) is 0. The SMILES string of the molecule is O=c1c(-c2cc(Cl)cc(Cl)c2)c[n+](CC/C=N\OC/C=C\Cl)c2ccccn12. The van der Waals surface area contributed by atoms with E-state index in [2.05, 4.69) is 5.16 Å². The number of hydrogen-bond acceptors (Lipinski definition) is 3. The Kier molecular flexibility index (Phi) is 7.09. The number of rotatable bonds is 7. The van der Waals surface area contributed by atoms with Crippen molar-refractivity contribution >= 4 is 46.7 Å². The van der Waals surface area contributed by atoms with E-state index in [1.807, 2.05) is 29.0 Å². The van der Waals surface area contributed by atoms with Gasteiger partial charge in [0.25, 0.3) is 5.65 Å². The fraction of sp³-hybridized carbons (Fsp3) is 0.150. The van der Waals surface area contributed by atoms with Crippen LogP contribution < -0.4 is 10.1 Å². The molecule has 144 valence electrons. The molecule has 0 radical (unpaired) electrons. The van der Waals surface area contributed by atoms with Gasteiger partial charge in [0, 0.05) is 34.3 Å². The first-order valence-electron chi connectivity index (χ1n) is 8.49. The average molecular weight is 438 g/mol. The zero-order valence-corrected chi connectivity index (χ0v) is 17.0. The number of fused-ring (bicyclic) bond motifs is 1. The molecule has 0 aliphatic rings. The van der Waals surface area contributed by atoms with Crippen LogP contribution in [0, 0.1) is 0 Å². The van der Waals surface area contributed by atoms with Crippen LogP contribution in [-0.2, 0) is 11.4 Å². The Morgan fingerprint density at radius 3 is 2.71 bits per heavy atom. The molecule has 0 saturated carbocycles. The zero-order valence-electron chi connectivity index (χ0n) is 14.8. The molecule has 3 aromatic rings. The smallest absolute Gasteiger partial charge is 0.350 e. The van der Waals surface area contributed by atoms with Gasteiger partial charge in [0.2, 0.25) is 0 Å². The maximum atomic E-state index is 13.0. The van der Waals surface area contributed by atoms with E-state index in [4.69, 9.17) is 39.6 Å². The largest absolute Gasteiger partial charge is 0.392 e. The van der Waals surface area contributed by atoms with Crippen molar-refractivity contribution < 1.29 is 9.40 Å². The van der Waals surface area contributed by atoms with Gasteiger partial charge in [-0.2, -0.15) is 4.40 Å². The van der Waals surface area contributed by atoms with Gasteiger partial charge in [0.15, 0.2) is 0 Å². The lowest BCUT2D eigenvalue weighted by Crippen LogP contribution is -2.40. The van der Waals surface area contributed by atoms with Crippen LogP contribution in [0.2, 0.25) is 10.0 Å². The molecule has 0 spiro atoms. The van der Waals surface area contributed by atoms with Gasteiger partial charge in [-0.1, -0.05) is 46.0 Å². The minimum absolute atomic E-state index is 0.143. The number of nitrogens with zero attached hydrogens (tertiary/aromatic N) is 3. The molecule has 0 amide bonds. The zero-order chi connectivity index (χ0) is 19.9. The summed E-state index contributed by atoms with van der Waals surface area (Å²) in [5.41, 5.74) is 3.18. The fourth-order valence-corrected chi connectivity index (χ4v) is 3.36. The van der Waals surface area contributed by atoms with Crippen molar-refractivity contribution in [2.24, 2.45) is 5.16 Å². The highest BCUT2D eigenvalue weighted by atomic mass is 35.5. The van der Waals surface area contributed by atoms with Gasteiger partial charge in [-0.15, -0.1) is 0 Å². The van der Waals surface area contributed by atoms with Gasteiger partial charge >= 0.3 is 5.56 Å². The standard InChI is InChI=1S/C20H17Cl3N3O2/c21-6-3-10-28-24-7-4-8-25-14-18(15-11-16(22)13-17(23)12-15)20(27)26-9-2-1-5-19(25)26/h1-3,5-7,9,11-14H,4,8,10H2/q+1/b6-3-,24-7-. The third kappa shape index (κ3) is 4.93. The molecular formula is C20H17Cl3N3O2+. The first-order chi connectivity index (χ1) is 13.6. The van der Waals surface area contributed by atoms with Crippen LogP contribution in [0.4, 0.5) is 0 Å². The van der Waals surface area contributed by atoms with Crippen molar-refractivity contribution in [3.8, 4) is 11.1 Å². The number of hydrogen-bond donors (Lipinski definition) is 0. The summed E-state index contributed by atoms with van der Waals surface area (Å²) in [6, 6.07) is 10.7. The number of pyridine rings is 1. The van der Waals surface area contributed by atoms with Crippen molar-refractivity contribution in [1.82, 2.24) is 4.40 Å². The second-order valence-electron chi connectivity index (χ2n) is 5.86. The van der Waals surface area contributed by atoms with Gasteiger partial charge in [0.05, 0.1) is 12.7 Å². The van der Waals surface area contributed by atoms with Crippen molar-refractivity contribution in [2.75, 3.05) is 6.61 Å². The number of benzene rings is 1. The third-order valence-corrected chi connectivity index (χ3v) is 4.56. The van der Waals surface area contributed by atoms with Crippen molar-refractivity contribution in [2.45, 2.75) is 13.0 Å². The summed E-state index contributed by atoms with van der Waals surface area (Å²) >= 11 is 17.7. The number of halogens is 3. The molecule has 0 aliphatic heterocycles. The molecule has 1 aromatic carbocycles. The molecule has 0 atom stereocenters. The van der Waals surface area contributed by atoms with Crippen LogP contribution in [0.1, 0.15) is 6.42 Å². The van der Waals surface area contributed by atoms with Crippen LogP contribution in [0.5, 0.6) is 0 Å². The molecule has 8 heteroatoms. The van der Waals surface area contributed by atoms with E-state index in [1.165, 1.54) is 5.54 Å². The minimum atomic E-state index is -0.143. The predicted molar refractivity (Wildman–Crippen MR) is 113 cm³/mol. The minimum Gasteiger partial charge on any atom is -0.392 e. The molecule has 0 N–H and O–H groups in total. The maximum Gasteiger partial charge on any atom is 0.350 e. The van der Waals surface area contributed by atoms with E-state index in [0.29, 0.717) is 40.7 Å². The van der Waals surface area contributed by atoms with Gasteiger partial charge in [-0.3, -0.25) is 0 Å². The van der Waals surface area contributed by atoms with E-state index in [9.17, 15) is 4.79 Å². The number of aryl methyl sites for hydroxylation is 1. The molecule has 0 saturated heterocycles. The van der Waals surface area contributed by atoms with Gasteiger partial charge in [0.1, 0.15) is 18.4 Å². The van der Waals surface area contributed by atoms with E-state index >= 15 is 0 Å². The summed E-state index contributed by atoms with van der Waals surface area (Å²) in [5, 5.41) is 4.82. The number of aromatic nitrogens is 2.